The quantitative estimate of drug-likeness (QED) is 0.717. The molecule has 2 N–H and O–H groups in total. The fraction of sp³-hybridized carbons (Fsp3) is 1.00. The lowest BCUT2D eigenvalue weighted by Crippen LogP contribution is -2.53. The van der Waals surface area contributed by atoms with Crippen LogP contribution in [0, 0.1) is 5.41 Å². The first kappa shape index (κ1) is 18.9. The van der Waals surface area contributed by atoms with Gasteiger partial charge in [-0.15, -0.1) is 0 Å². The first-order valence-corrected chi connectivity index (χ1v) is 8.54. The maximum atomic E-state index is 9.92. The summed E-state index contributed by atoms with van der Waals surface area (Å²) in [4.78, 5) is 4.97. The van der Waals surface area contributed by atoms with Gasteiger partial charge in [-0.2, -0.15) is 0 Å². The molecular weight excluding hydrogens is 262 g/mol. The van der Waals surface area contributed by atoms with E-state index in [2.05, 4.69) is 42.8 Å². The van der Waals surface area contributed by atoms with Gasteiger partial charge in [-0.05, 0) is 25.7 Å². The van der Waals surface area contributed by atoms with Gasteiger partial charge < -0.3 is 15.3 Å². The maximum Gasteiger partial charge on any atom is 0.0718 e. The molecule has 0 aromatic heterocycles. The molecule has 1 heterocycles. The first-order valence-electron chi connectivity index (χ1n) is 8.54. The van der Waals surface area contributed by atoms with Crippen molar-refractivity contribution in [2.45, 2.75) is 59.6 Å². The molecule has 0 bridgehead atoms. The van der Waals surface area contributed by atoms with Crippen LogP contribution >= 0.6 is 0 Å². The largest absolute Gasteiger partial charge is 0.389 e. The van der Waals surface area contributed by atoms with Crippen molar-refractivity contribution in [1.82, 2.24) is 15.1 Å². The van der Waals surface area contributed by atoms with Crippen molar-refractivity contribution in [1.29, 1.82) is 0 Å². The van der Waals surface area contributed by atoms with Crippen LogP contribution in [0.5, 0.6) is 0 Å². The highest BCUT2D eigenvalue weighted by Gasteiger charge is 2.28. The summed E-state index contributed by atoms with van der Waals surface area (Å²) < 4.78 is 0. The fourth-order valence-electron chi connectivity index (χ4n) is 2.94. The lowest BCUT2D eigenvalue weighted by Gasteiger charge is -2.41. The van der Waals surface area contributed by atoms with Gasteiger partial charge in [0.15, 0.2) is 0 Å². The second-order valence-corrected chi connectivity index (χ2v) is 8.06. The van der Waals surface area contributed by atoms with Gasteiger partial charge in [0.05, 0.1) is 5.60 Å². The van der Waals surface area contributed by atoms with Crippen molar-refractivity contribution in [3.63, 3.8) is 0 Å². The van der Waals surface area contributed by atoms with Gasteiger partial charge in [0.25, 0.3) is 0 Å². The average Bonchev–Trinajstić information content (AvgIpc) is 2.37. The average molecular weight is 300 g/mol. The number of piperazine rings is 1. The van der Waals surface area contributed by atoms with Gasteiger partial charge in [0.2, 0.25) is 0 Å². The van der Waals surface area contributed by atoms with E-state index >= 15 is 0 Å². The molecule has 0 radical (unpaired) electrons. The van der Waals surface area contributed by atoms with Gasteiger partial charge in [-0.1, -0.05) is 27.7 Å². The highest BCUT2D eigenvalue weighted by atomic mass is 16.3. The summed E-state index contributed by atoms with van der Waals surface area (Å²) in [6.07, 6.45) is 1.20. The van der Waals surface area contributed by atoms with Crippen molar-refractivity contribution in [2.75, 3.05) is 45.8 Å². The van der Waals surface area contributed by atoms with Crippen LogP contribution < -0.4 is 5.32 Å². The van der Waals surface area contributed by atoms with Crippen molar-refractivity contribution in [3.8, 4) is 0 Å². The third-order valence-corrected chi connectivity index (χ3v) is 4.47. The molecule has 0 saturated carbocycles. The second-order valence-electron chi connectivity index (χ2n) is 8.06. The SMILES string of the molecule is CCC(C)(CNC(C)C)CN1CCN(CC(C)(C)O)CC1. The molecule has 21 heavy (non-hydrogen) atoms. The van der Waals surface area contributed by atoms with E-state index in [9.17, 15) is 5.11 Å². The lowest BCUT2D eigenvalue weighted by atomic mass is 9.86. The Morgan fingerprint density at radius 1 is 1.00 bits per heavy atom. The Labute approximate surface area is 131 Å². The predicted octanol–water partition coefficient (Wildman–Crippen LogP) is 1.79. The van der Waals surface area contributed by atoms with Gasteiger partial charge in [0.1, 0.15) is 0 Å². The molecule has 1 unspecified atom stereocenters. The predicted molar refractivity (Wildman–Crippen MR) is 90.7 cm³/mol. The molecule has 0 spiro atoms. The number of β-amino-alcohol motifs (C(OH)–C–C–N with tert-alkyl or cyclic N) is 1. The summed E-state index contributed by atoms with van der Waals surface area (Å²) in [6.45, 7) is 20.3. The van der Waals surface area contributed by atoms with Crippen LogP contribution in [0.1, 0.15) is 48.0 Å². The number of nitrogens with zero attached hydrogens (tertiary/aromatic N) is 2. The van der Waals surface area contributed by atoms with Crippen molar-refractivity contribution in [2.24, 2.45) is 5.41 Å². The van der Waals surface area contributed by atoms with Crippen LogP contribution in [-0.2, 0) is 0 Å². The Hall–Kier alpha value is -0.160. The molecular formula is C17H37N3O. The summed E-state index contributed by atoms with van der Waals surface area (Å²) in [5, 5.41) is 13.5. The van der Waals surface area contributed by atoms with E-state index in [0.717, 1.165) is 39.3 Å². The molecule has 1 rings (SSSR count). The van der Waals surface area contributed by atoms with Crippen LogP contribution in [0.2, 0.25) is 0 Å². The summed E-state index contributed by atoms with van der Waals surface area (Å²) >= 11 is 0. The molecule has 1 aliphatic heterocycles. The minimum atomic E-state index is -0.582. The summed E-state index contributed by atoms with van der Waals surface area (Å²) in [7, 11) is 0. The van der Waals surface area contributed by atoms with E-state index in [0.29, 0.717) is 11.5 Å². The molecule has 4 nitrogen and oxygen atoms in total. The van der Waals surface area contributed by atoms with Gasteiger partial charge in [-0.3, -0.25) is 4.90 Å². The molecule has 1 atom stereocenters. The molecule has 1 fully saturated rings. The molecule has 0 aromatic carbocycles. The Balaban J connectivity index is 2.39. The third kappa shape index (κ3) is 7.59. The van der Waals surface area contributed by atoms with E-state index in [-0.39, 0.29) is 0 Å². The minimum absolute atomic E-state index is 0.350. The first-order chi connectivity index (χ1) is 9.63. The standard InChI is InChI=1S/C17H37N3O/c1-7-17(6,12-18-15(2)3)14-20-10-8-19(9-11-20)13-16(4,5)21/h15,18,21H,7-14H2,1-6H3. The lowest BCUT2D eigenvalue weighted by molar-refractivity contribution is 0.0113. The number of hydrogen-bond donors (Lipinski definition) is 2. The number of nitrogens with one attached hydrogen (secondary N) is 1. The van der Waals surface area contributed by atoms with Gasteiger partial charge in [-0.25, -0.2) is 0 Å². The monoisotopic (exact) mass is 299 g/mol. The summed E-state index contributed by atoms with van der Waals surface area (Å²) in [5.41, 5.74) is -0.232. The van der Waals surface area contributed by atoms with E-state index in [4.69, 9.17) is 0 Å². The second kappa shape index (κ2) is 7.91. The Kier molecular flexibility index (Phi) is 7.11. The maximum absolute atomic E-state index is 9.92. The van der Waals surface area contributed by atoms with E-state index in [1.54, 1.807) is 0 Å². The van der Waals surface area contributed by atoms with Crippen LogP contribution in [-0.4, -0.2) is 72.4 Å². The zero-order valence-corrected chi connectivity index (χ0v) is 15.1. The summed E-state index contributed by atoms with van der Waals surface area (Å²) in [6, 6.07) is 0.555. The third-order valence-electron chi connectivity index (χ3n) is 4.47. The van der Waals surface area contributed by atoms with Crippen LogP contribution in [0.4, 0.5) is 0 Å². The van der Waals surface area contributed by atoms with E-state index in [1.165, 1.54) is 13.0 Å². The summed E-state index contributed by atoms with van der Waals surface area (Å²) in [5.74, 6) is 0. The number of hydrogen-bond acceptors (Lipinski definition) is 4. The van der Waals surface area contributed by atoms with Gasteiger partial charge in [0, 0.05) is 51.9 Å². The highest BCUT2D eigenvalue weighted by molar-refractivity contribution is 4.84. The van der Waals surface area contributed by atoms with Gasteiger partial charge >= 0.3 is 0 Å². The Morgan fingerprint density at radius 2 is 1.48 bits per heavy atom. The number of aliphatic hydroxyl groups is 1. The van der Waals surface area contributed by atoms with Crippen LogP contribution in [0.25, 0.3) is 0 Å². The Morgan fingerprint density at radius 3 is 1.86 bits per heavy atom. The molecule has 1 aliphatic rings. The fourth-order valence-corrected chi connectivity index (χ4v) is 2.94. The van der Waals surface area contributed by atoms with Crippen molar-refractivity contribution >= 4 is 0 Å². The molecule has 126 valence electrons. The van der Waals surface area contributed by atoms with E-state index in [1.807, 2.05) is 13.8 Å². The van der Waals surface area contributed by atoms with Crippen LogP contribution in [0.15, 0.2) is 0 Å². The normalized spacial score (nSPS) is 21.7. The zero-order chi connectivity index (χ0) is 16.1. The highest BCUT2D eigenvalue weighted by Crippen LogP contribution is 2.23. The smallest absolute Gasteiger partial charge is 0.0718 e. The molecule has 0 aromatic rings. The number of rotatable bonds is 8. The Bertz CT molecular complexity index is 293. The molecule has 0 amide bonds. The molecule has 1 saturated heterocycles. The topological polar surface area (TPSA) is 38.7 Å². The zero-order valence-electron chi connectivity index (χ0n) is 15.1. The van der Waals surface area contributed by atoms with E-state index < -0.39 is 5.60 Å². The van der Waals surface area contributed by atoms with Crippen molar-refractivity contribution < 1.29 is 5.11 Å². The van der Waals surface area contributed by atoms with Crippen LogP contribution in [0.3, 0.4) is 0 Å². The molecule has 4 heteroatoms. The minimum Gasteiger partial charge on any atom is -0.389 e. The molecule has 0 aliphatic carbocycles. The van der Waals surface area contributed by atoms with Crippen molar-refractivity contribution in [3.05, 3.63) is 0 Å².